The Bertz CT molecular complexity index is 1110. The monoisotopic (exact) mass is 513 g/mol. The van der Waals surface area contributed by atoms with Crippen LogP contribution in [0.15, 0.2) is 53.4 Å². The van der Waals surface area contributed by atoms with Crippen LogP contribution in [0.2, 0.25) is 0 Å². The zero-order chi connectivity index (χ0) is 25.7. The Kier molecular flexibility index (Phi) is 8.73. The molecule has 2 aromatic rings. The maximum Gasteiger partial charge on any atom is 0.323 e. The average molecular weight is 514 g/mol. The summed E-state index contributed by atoms with van der Waals surface area (Å²) in [5.41, 5.74) is -0.692. The first-order chi connectivity index (χ1) is 15.6. The topological polar surface area (TPSA) is 119 Å². The van der Waals surface area contributed by atoms with Crippen LogP contribution in [0.3, 0.4) is 0 Å². The molecule has 0 fully saturated rings. The van der Waals surface area contributed by atoms with Gasteiger partial charge in [-0.1, -0.05) is 0 Å². The zero-order valence-electron chi connectivity index (χ0n) is 19.5. The molecule has 0 unspecified atom stereocenters. The van der Waals surface area contributed by atoms with Gasteiger partial charge >= 0.3 is 11.9 Å². The van der Waals surface area contributed by atoms with Crippen LogP contribution in [0.1, 0.15) is 34.6 Å². The number of nitrogens with one attached hydrogen (secondary N) is 1. The number of benzene rings is 2. The fraction of sp³-hybridized carbons (Fsp3) is 0.391. The van der Waals surface area contributed by atoms with Crippen molar-refractivity contribution in [2.24, 2.45) is 0 Å². The molecule has 34 heavy (non-hydrogen) atoms. The second kappa shape index (κ2) is 10.7. The van der Waals surface area contributed by atoms with Crippen molar-refractivity contribution in [3.05, 3.63) is 54.3 Å². The number of hydrogen-bond donors (Lipinski definition) is 2. The number of ether oxygens (including phenoxy) is 2. The van der Waals surface area contributed by atoms with Crippen LogP contribution in [0.5, 0.6) is 11.5 Å². The summed E-state index contributed by atoms with van der Waals surface area (Å²) in [7, 11) is -4.22. The van der Waals surface area contributed by atoms with Crippen molar-refractivity contribution in [1.29, 1.82) is 0 Å². The molecule has 0 aliphatic carbocycles. The molecule has 11 heteroatoms. The highest BCUT2D eigenvalue weighted by Gasteiger charge is 2.40. The second-order valence-electron chi connectivity index (χ2n) is 8.90. The number of carbonyl (C=O) groups excluding carboxylic acids is 1. The average Bonchev–Trinajstić information content (AvgIpc) is 2.71. The van der Waals surface area contributed by atoms with Crippen LogP contribution in [0.25, 0.3) is 0 Å². The number of carbonyl (C=O) groups is 2. The lowest BCUT2D eigenvalue weighted by molar-refractivity contribution is -0.151. The Hall–Kier alpha value is -2.63. The molecule has 0 saturated heterocycles. The van der Waals surface area contributed by atoms with Crippen molar-refractivity contribution in [1.82, 2.24) is 4.72 Å². The number of halogens is 1. The molecule has 0 bridgehead atoms. The smallest absolute Gasteiger partial charge is 0.323 e. The van der Waals surface area contributed by atoms with Gasteiger partial charge in [0.1, 0.15) is 29.0 Å². The number of carboxylic acid groups (broad SMARTS) is 1. The van der Waals surface area contributed by atoms with E-state index in [0.717, 1.165) is 11.8 Å². The van der Waals surface area contributed by atoms with Gasteiger partial charge in [-0.05, 0) is 83.1 Å². The van der Waals surface area contributed by atoms with Crippen molar-refractivity contribution in [2.45, 2.75) is 55.9 Å². The molecule has 186 valence electrons. The summed E-state index contributed by atoms with van der Waals surface area (Å²) >= 11 is 0.975. The second-order valence-corrected chi connectivity index (χ2v) is 12.2. The largest absolute Gasteiger partial charge is 0.480 e. The van der Waals surface area contributed by atoms with Crippen molar-refractivity contribution in [2.75, 3.05) is 5.75 Å². The molecule has 2 N–H and O–H groups in total. The van der Waals surface area contributed by atoms with E-state index in [1.807, 2.05) is 0 Å². The summed E-state index contributed by atoms with van der Waals surface area (Å²) in [6.07, 6.45) is 0. The molecule has 1 atom stereocenters. The van der Waals surface area contributed by atoms with Gasteiger partial charge in [-0.2, -0.15) is 4.72 Å². The van der Waals surface area contributed by atoms with E-state index in [2.05, 4.69) is 4.72 Å². The zero-order valence-corrected chi connectivity index (χ0v) is 21.1. The van der Waals surface area contributed by atoms with Gasteiger partial charge in [0.2, 0.25) is 10.0 Å². The summed E-state index contributed by atoms with van der Waals surface area (Å²) in [5.74, 6) is -1.81. The highest BCUT2D eigenvalue weighted by Crippen LogP contribution is 2.30. The number of aliphatic carboxylic acids is 1. The molecular formula is C23H28FNO7S2. The lowest BCUT2D eigenvalue weighted by atomic mass is 10.1. The standard InChI is InChI=1S/C23H28FNO7S2/c1-22(2,3)32-19(26)14-33-23(4,5)20(21(27)28)25-34(29,30)18-12-10-17(11-13-18)31-16-8-6-15(24)7-9-16/h6-13,20,25H,14H2,1-5H3,(H,27,28)/t20-/m0/s1. The van der Waals surface area contributed by atoms with Crippen LogP contribution in [-0.2, 0) is 24.3 Å². The third kappa shape index (κ3) is 8.30. The Labute approximate surface area is 202 Å². The Balaban J connectivity index is 2.11. The van der Waals surface area contributed by atoms with Crippen LogP contribution in [-0.4, -0.2) is 47.6 Å². The fourth-order valence-corrected chi connectivity index (χ4v) is 5.02. The number of sulfonamides is 1. The van der Waals surface area contributed by atoms with E-state index in [1.54, 1.807) is 20.8 Å². The Morgan fingerprint density at radius 2 is 1.50 bits per heavy atom. The molecule has 2 rings (SSSR count). The SMILES string of the molecule is CC(C)(C)OC(=O)CSC(C)(C)[C@@H](NS(=O)(=O)c1ccc(Oc2ccc(F)cc2)cc1)C(=O)O. The van der Waals surface area contributed by atoms with Gasteiger partial charge in [0, 0.05) is 4.75 Å². The predicted octanol–water partition coefficient (Wildman–Crippen LogP) is 4.20. The lowest BCUT2D eigenvalue weighted by Crippen LogP contribution is -2.52. The maximum atomic E-state index is 13.0. The van der Waals surface area contributed by atoms with E-state index in [-0.39, 0.29) is 10.6 Å². The number of thioether (sulfide) groups is 1. The third-order valence-electron chi connectivity index (χ3n) is 4.38. The van der Waals surface area contributed by atoms with Crippen molar-refractivity contribution < 1.29 is 37.0 Å². The molecule has 8 nitrogen and oxygen atoms in total. The fourth-order valence-electron chi connectivity index (χ4n) is 2.74. The highest BCUT2D eigenvalue weighted by atomic mass is 32.2. The molecule has 0 amide bonds. The summed E-state index contributed by atoms with van der Waals surface area (Å²) < 4.78 is 50.6. The van der Waals surface area contributed by atoms with Crippen LogP contribution in [0.4, 0.5) is 4.39 Å². The van der Waals surface area contributed by atoms with E-state index in [1.165, 1.54) is 62.4 Å². The van der Waals surface area contributed by atoms with Gasteiger partial charge in [-0.3, -0.25) is 9.59 Å². The molecule has 2 aromatic carbocycles. The van der Waals surface area contributed by atoms with Crippen LogP contribution < -0.4 is 9.46 Å². The lowest BCUT2D eigenvalue weighted by Gasteiger charge is -2.31. The van der Waals surface area contributed by atoms with Gasteiger partial charge in [-0.15, -0.1) is 11.8 Å². The van der Waals surface area contributed by atoms with Crippen molar-refractivity contribution in [3.63, 3.8) is 0 Å². The van der Waals surface area contributed by atoms with Gasteiger partial charge in [-0.25, -0.2) is 12.8 Å². The van der Waals surface area contributed by atoms with Gasteiger partial charge in [0.05, 0.1) is 10.6 Å². The molecular weight excluding hydrogens is 485 g/mol. The molecule has 0 aliphatic rings. The number of rotatable bonds is 10. The minimum atomic E-state index is -4.22. The molecule has 0 radical (unpaired) electrons. The summed E-state index contributed by atoms with van der Waals surface area (Å²) in [5, 5.41) is 9.70. The van der Waals surface area contributed by atoms with E-state index in [9.17, 15) is 27.5 Å². The minimum Gasteiger partial charge on any atom is -0.480 e. The first-order valence-electron chi connectivity index (χ1n) is 10.2. The molecule has 0 saturated carbocycles. The van der Waals surface area contributed by atoms with E-state index in [4.69, 9.17) is 9.47 Å². The number of esters is 1. The van der Waals surface area contributed by atoms with Gasteiger partial charge in [0.15, 0.2) is 0 Å². The van der Waals surface area contributed by atoms with E-state index in [0.29, 0.717) is 11.5 Å². The van der Waals surface area contributed by atoms with Crippen LogP contribution in [0, 0.1) is 5.82 Å². The van der Waals surface area contributed by atoms with E-state index < -0.39 is 44.2 Å². The summed E-state index contributed by atoms with van der Waals surface area (Å²) in [6, 6.07) is 9.11. The highest BCUT2D eigenvalue weighted by molar-refractivity contribution is 8.01. The molecule has 0 aromatic heterocycles. The Morgan fingerprint density at radius 1 is 1.00 bits per heavy atom. The Morgan fingerprint density at radius 3 is 1.97 bits per heavy atom. The summed E-state index contributed by atoms with van der Waals surface area (Å²) in [4.78, 5) is 23.8. The van der Waals surface area contributed by atoms with Crippen molar-refractivity contribution in [3.8, 4) is 11.5 Å². The quantitative estimate of drug-likeness (QED) is 0.454. The molecule has 0 aliphatic heterocycles. The van der Waals surface area contributed by atoms with Crippen LogP contribution >= 0.6 is 11.8 Å². The maximum absolute atomic E-state index is 13.0. The summed E-state index contributed by atoms with van der Waals surface area (Å²) in [6.45, 7) is 8.20. The molecule has 0 spiro atoms. The van der Waals surface area contributed by atoms with Crippen molar-refractivity contribution >= 4 is 33.7 Å². The normalized spacial score (nSPS) is 13.2. The predicted molar refractivity (Wildman–Crippen MR) is 127 cm³/mol. The molecule has 0 heterocycles. The van der Waals surface area contributed by atoms with Gasteiger partial charge in [0.25, 0.3) is 0 Å². The van der Waals surface area contributed by atoms with Gasteiger partial charge < -0.3 is 14.6 Å². The first-order valence-corrected chi connectivity index (χ1v) is 12.7. The third-order valence-corrected chi connectivity index (χ3v) is 7.18. The number of carboxylic acids is 1. The first kappa shape index (κ1) is 27.6. The minimum absolute atomic E-state index is 0.148. The van der Waals surface area contributed by atoms with E-state index >= 15 is 0 Å². The number of hydrogen-bond acceptors (Lipinski definition) is 7.